The summed E-state index contributed by atoms with van der Waals surface area (Å²) < 4.78 is 5.99. The molecule has 0 radical (unpaired) electrons. The Morgan fingerprint density at radius 3 is 2.78 bits per heavy atom. The Morgan fingerprint density at radius 1 is 1.15 bits per heavy atom. The van der Waals surface area contributed by atoms with Crippen LogP contribution < -0.4 is 0 Å². The van der Waals surface area contributed by atoms with Gasteiger partial charge in [0.1, 0.15) is 11.8 Å². The third-order valence-electron chi connectivity index (χ3n) is 4.70. The van der Waals surface area contributed by atoms with Crippen LogP contribution in [0.1, 0.15) is 53.1 Å². The quantitative estimate of drug-likeness (QED) is 0.679. The van der Waals surface area contributed by atoms with Crippen LogP contribution in [0.15, 0.2) is 53.3 Å². The number of aromatic nitrogens is 3. The number of piperidine rings is 1. The maximum Gasteiger partial charge on any atom is 0.292 e. The fourth-order valence-electron chi connectivity index (χ4n) is 3.36. The van der Waals surface area contributed by atoms with Gasteiger partial charge in [-0.2, -0.15) is 0 Å². The molecule has 1 amide bonds. The largest absolute Gasteiger partial charge is 0.443 e. The molecule has 4 rings (SSSR count). The third kappa shape index (κ3) is 3.85. The molecule has 0 unspecified atom stereocenters. The lowest BCUT2D eigenvalue weighted by Crippen LogP contribution is -2.39. The van der Waals surface area contributed by atoms with Crippen LogP contribution in [-0.4, -0.2) is 32.3 Å². The molecule has 6 nitrogen and oxygen atoms in total. The molecule has 1 saturated heterocycles. The second kappa shape index (κ2) is 7.88. The zero-order valence-electron chi connectivity index (χ0n) is 14.7. The van der Waals surface area contributed by atoms with Gasteiger partial charge in [-0.3, -0.25) is 4.79 Å². The Morgan fingerprint density at radius 2 is 1.96 bits per heavy atom. The molecule has 138 valence electrons. The third-order valence-corrected chi connectivity index (χ3v) is 5.07. The van der Waals surface area contributed by atoms with E-state index in [9.17, 15) is 4.79 Å². The molecule has 3 aromatic rings. The van der Waals surface area contributed by atoms with Crippen LogP contribution in [-0.2, 0) is 6.42 Å². The number of nitrogens with zero attached hydrogens (tertiary/aromatic N) is 4. The Hall–Kier alpha value is -2.73. The smallest absolute Gasteiger partial charge is 0.292 e. The van der Waals surface area contributed by atoms with Crippen molar-refractivity contribution in [3.05, 3.63) is 77.0 Å². The summed E-state index contributed by atoms with van der Waals surface area (Å²) in [6.45, 7) is 0.643. The molecule has 0 spiro atoms. The summed E-state index contributed by atoms with van der Waals surface area (Å²) in [5, 5.41) is 0.700. The Balaban J connectivity index is 1.55. The number of carbonyl (C=O) groups is 1. The summed E-state index contributed by atoms with van der Waals surface area (Å²) in [7, 11) is 0. The number of halogens is 1. The highest BCUT2D eigenvalue weighted by atomic mass is 35.5. The number of carbonyl (C=O) groups excluding carboxylic acids is 1. The predicted molar refractivity (Wildman–Crippen MR) is 100 cm³/mol. The molecular weight excluding hydrogens is 364 g/mol. The summed E-state index contributed by atoms with van der Waals surface area (Å²) in [6, 6.07) is 9.16. The van der Waals surface area contributed by atoms with E-state index in [1.807, 2.05) is 24.3 Å². The van der Waals surface area contributed by atoms with Crippen molar-refractivity contribution in [1.29, 1.82) is 0 Å². The normalized spacial score (nSPS) is 17.1. The highest BCUT2D eigenvalue weighted by Gasteiger charge is 2.33. The topological polar surface area (TPSA) is 72.1 Å². The van der Waals surface area contributed by atoms with E-state index < -0.39 is 0 Å². The summed E-state index contributed by atoms with van der Waals surface area (Å²) in [5.74, 6) is 1.30. The molecule has 1 aliphatic heterocycles. The maximum absolute atomic E-state index is 12.8. The minimum Gasteiger partial charge on any atom is -0.443 e. The molecule has 0 N–H and O–H groups in total. The van der Waals surface area contributed by atoms with Gasteiger partial charge in [-0.15, -0.1) is 0 Å². The molecule has 1 fully saturated rings. The number of benzene rings is 1. The van der Waals surface area contributed by atoms with Crippen molar-refractivity contribution < 1.29 is 9.21 Å². The SMILES string of the molecule is O=C(c1ncccn1)N1CCCC[C@@H]1c1ncc(Cc2ccccc2Cl)o1. The fraction of sp³-hybridized carbons (Fsp3) is 0.300. The highest BCUT2D eigenvalue weighted by Crippen LogP contribution is 2.32. The van der Waals surface area contributed by atoms with Crippen molar-refractivity contribution in [3.8, 4) is 0 Å². The number of amides is 1. The van der Waals surface area contributed by atoms with Crippen LogP contribution in [0, 0.1) is 0 Å². The highest BCUT2D eigenvalue weighted by molar-refractivity contribution is 6.31. The van der Waals surface area contributed by atoms with Crippen LogP contribution in [0.2, 0.25) is 5.02 Å². The van der Waals surface area contributed by atoms with Gasteiger partial charge in [-0.05, 0) is 37.0 Å². The van der Waals surface area contributed by atoms with Crippen LogP contribution in [0.4, 0.5) is 0 Å². The van der Waals surface area contributed by atoms with Gasteiger partial charge in [-0.25, -0.2) is 15.0 Å². The molecule has 1 atom stereocenters. The Bertz CT molecular complexity index is 928. The number of hydrogen-bond donors (Lipinski definition) is 0. The summed E-state index contributed by atoms with van der Waals surface area (Å²) >= 11 is 6.23. The van der Waals surface area contributed by atoms with E-state index in [1.54, 1.807) is 29.6 Å². The van der Waals surface area contributed by atoms with E-state index in [0.717, 1.165) is 30.6 Å². The molecule has 1 aliphatic rings. The minimum absolute atomic E-state index is 0.189. The van der Waals surface area contributed by atoms with Gasteiger partial charge in [0, 0.05) is 30.4 Å². The maximum atomic E-state index is 12.8. The molecule has 1 aromatic carbocycles. The number of oxazole rings is 1. The standard InChI is InChI=1S/C20H19ClN4O2/c21-16-7-2-1-6-14(16)12-15-13-24-19(27-15)17-8-3-4-11-25(17)20(26)18-22-9-5-10-23-18/h1-2,5-7,9-10,13,17H,3-4,8,11-12H2/t17-/m1/s1. The second-order valence-corrected chi connectivity index (χ2v) is 6.92. The van der Waals surface area contributed by atoms with E-state index in [2.05, 4.69) is 15.0 Å². The van der Waals surface area contributed by atoms with E-state index in [0.29, 0.717) is 23.9 Å². The molecule has 27 heavy (non-hydrogen) atoms. The van der Waals surface area contributed by atoms with Crippen molar-refractivity contribution in [2.45, 2.75) is 31.7 Å². The van der Waals surface area contributed by atoms with Gasteiger partial charge >= 0.3 is 0 Å². The first-order chi connectivity index (χ1) is 13.2. The van der Waals surface area contributed by atoms with E-state index in [1.165, 1.54) is 0 Å². The van der Waals surface area contributed by atoms with E-state index >= 15 is 0 Å². The lowest BCUT2D eigenvalue weighted by atomic mass is 10.0. The van der Waals surface area contributed by atoms with Crippen molar-refractivity contribution in [3.63, 3.8) is 0 Å². The van der Waals surface area contributed by atoms with Crippen molar-refractivity contribution in [2.24, 2.45) is 0 Å². The Kier molecular flexibility index (Phi) is 5.16. The first-order valence-electron chi connectivity index (χ1n) is 8.98. The van der Waals surface area contributed by atoms with Crippen LogP contribution in [0.25, 0.3) is 0 Å². The van der Waals surface area contributed by atoms with Crippen molar-refractivity contribution in [2.75, 3.05) is 6.54 Å². The second-order valence-electron chi connectivity index (χ2n) is 6.52. The molecule has 0 saturated carbocycles. The summed E-state index contributed by atoms with van der Waals surface area (Å²) in [4.78, 5) is 27.2. The predicted octanol–water partition coefficient (Wildman–Crippen LogP) is 4.08. The number of rotatable bonds is 4. The number of hydrogen-bond acceptors (Lipinski definition) is 5. The molecule has 0 bridgehead atoms. The Labute approximate surface area is 162 Å². The average molecular weight is 383 g/mol. The van der Waals surface area contributed by atoms with Crippen LogP contribution in [0.5, 0.6) is 0 Å². The number of likely N-dealkylation sites (tertiary alicyclic amines) is 1. The lowest BCUT2D eigenvalue weighted by Gasteiger charge is -2.33. The molecular formula is C20H19ClN4O2. The molecule has 7 heteroatoms. The lowest BCUT2D eigenvalue weighted by molar-refractivity contribution is 0.0557. The van der Waals surface area contributed by atoms with E-state index in [4.69, 9.17) is 16.0 Å². The van der Waals surface area contributed by atoms with Gasteiger partial charge < -0.3 is 9.32 Å². The minimum atomic E-state index is -0.199. The molecule has 3 heterocycles. The first-order valence-corrected chi connectivity index (χ1v) is 9.36. The van der Waals surface area contributed by atoms with Gasteiger partial charge in [-0.1, -0.05) is 29.8 Å². The average Bonchev–Trinajstić information content (AvgIpc) is 3.18. The van der Waals surface area contributed by atoms with Gasteiger partial charge in [0.15, 0.2) is 0 Å². The van der Waals surface area contributed by atoms with Gasteiger partial charge in [0.25, 0.3) is 5.91 Å². The van der Waals surface area contributed by atoms with Crippen LogP contribution >= 0.6 is 11.6 Å². The zero-order valence-corrected chi connectivity index (χ0v) is 15.5. The van der Waals surface area contributed by atoms with Gasteiger partial charge in [0.2, 0.25) is 11.7 Å². The molecule has 0 aliphatic carbocycles. The van der Waals surface area contributed by atoms with Crippen molar-refractivity contribution in [1.82, 2.24) is 19.9 Å². The van der Waals surface area contributed by atoms with Crippen LogP contribution in [0.3, 0.4) is 0 Å². The summed E-state index contributed by atoms with van der Waals surface area (Å²) in [5.41, 5.74) is 0.983. The zero-order chi connectivity index (χ0) is 18.6. The van der Waals surface area contributed by atoms with Gasteiger partial charge in [0.05, 0.1) is 6.20 Å². The van der Waals surface area contributed by atoms with Crippen molar-refractivity contribution >= 4 is 17.5 Å². The summed E-state index contributed by atoms with van der Waals surface area (Å²) in [6.07, 6.45) is 8.21. The first kappa shape index (κ1) is 17.7. The van der Waals surface area contributed by atoms with E-state index in [-0.39, 0.29) is 17.8 Å². The monoisotopic (exact) mass is 382 g/mol. The molecule has 2 aromatic heterocycles. The fourth-order valence-corrected chi connectivity index (χ4v) is 3.56.